The monoisotopic (exact) mass is 201 g/mol. The van der Waals surface area contributed by atoms with Gasteiger partial charge in [0.2, 0.25) is 0 Å². The summed E-state index contributed by atoms with van der Waals surface area (Å²) in [6.07, 6.45) is 3.26. The third-order valence-corrected chi connectivity index (χ3v) is 2.63. The van der Waals surface area contributed by atoms with Crippen LogP contribution >= 0.6 is 0 Å². The second kappa shape index (κ2) is 6.38. The van der Waals surface area contributed by atoms with E-state index in [0.717, 1.165) is 45.5 Å². The lowest BCUT2D eigenvalue weighted by Gasteiger charge is -2.29. The number of rotatable bonds is 5. The molecule has 1 aliphatic heterocycles. The van der Waals surface area contributed by atoms with Gasteiger partial charge in [0.05, 0.1) is 12.2 Å². The van der Waals surface area contributed by atoms with Gasteiger partial charge in [-0.15, -0.1) is 0 Å². The number of aliphatic hydroxyl groups excluding tert-OH is 1. The molecule has 0 saturated carbocycles. The van der Waals surface area contributed by atoms with Crippen LogP contribution in [0.2, 0.25) is 0 Å². The van der Waals surface area contributed by atoms with E-state index in [2.05, 4.69) is 18.7 Å². The van der Waals surface area contributed by atoms with E-state index >= 15 is 0 Å². The second-order valence-electron chi connectivity index (χ2n) is 4.35. The minimum atomic E-state index is -0.0573. The predicted molar refractivity (Wildman–Crippen MR) is 57.4 cm³/mol. The Labute approximate surface area is 87.1 Å². The molecule has 0 radical (unpaired) electrons. The van der Waals surface area contributed by atoms with E-state index in [1.807, 2.05) is 0 Å². The van der Waals surface area contributed by atoms with Gasteiger partial charge in [-0.2, -0.15) is 0 Å². The molecule has 0 spiro atoms. The Balaban J connectivity index is 1.96. The van der Waals surface area contributed by atoms with E-state index in [0.29, 0.717) is 6.10 Å². The molecule has 14 heavy (non-hydrogen) atoms. The maximum Gasteiger partial charge on any atom is 0.0564 e. The molecule has 1 rings (SSSR count). The van der Waals surface area contributed by atoms with Crippen molar-refractivity contribution in [1.82, 2.24) is 4.90 Å². The van der Waals surface area contributed by atoms with Crippen molar-refractivity contribution in [2.24, 2.45) is 0 Å². The summed E-state index contributed by atoms with van der Waals surface area (Å²) in [6, 6.07) is 0. The summed E-state index contributed by atoms with van der Waals surface area (Å²) in [7, 11) is 0. The average molecular weight is 201 g/mol. The van der Waals surface area contributed by atoms with E-state index in [9.17, 15) is 5.11 Å². The molecule has 0 atom stereocenters. The van der Waals surface area contributed by atoms with Gasteiger partial charge >= 0.3 is 0 Å². The third kappa shape index (κ3) is 4.94. The molecule has 0 aliphatic carbocycles. The molecule has 1 aliphatic rings. The Morgan fingerprint density at radius 2 is 2.00 bits per heavy atom. The number of ether oxygens (including phenoxy) is 1. The Bertz CT molecular complexity index is 142. The van der Waals surface area contributed by atoms with Crippen LogP contribution in [0.1, 0.15) is 33.1 Å². The van der Waals surface area contributed by atoms with Gasteiger partial charge in [-0.1, -0.05) is 0 Å². The summed E-state index contributed by atoms with van der Waals surface area (Å²) in [5, 5.41) is 9.32. The van der Waals surface area contributed by atoms with Crippen molar-refractivity contribution >= 4 is 0 Å². The maximum atomic E-state index is 9.32. The first-order valence-corrected chi connectivity index (χ1v) is 5.70. The molecule has 1 heterocycles. The van der Waals surface area contributed by atoms with Crippen LogP contribution in [-0.2, 0) is 4.74 Å². The first-order valence-electron chi connectivity index (χ1n) is 5.70. The van der Waals surface area contributed by atoms with Crippen LogP contribution < -0.4 is 0 Å². The Morgan fingerprint density at radius 1 is 1.36 bits per heavy atom. The largest absolute Gasteiger partial charge is 0.393 e. The van der Waals surface area contributed by atoms with Gasteiger partial charge in [0.1, 0.15) is 0 Å². The fourth-order valence-electron chi connectivity index (χ4n) is 1.75. The number of piperidine rings is 1. The highest BCUT2D eigenvalue weighted by Gasteiger charge is 2.15. The van der Waals surface area contributed by atoms with Gasteiger partial charge in [-0.3, -0.25) is 0 Å². The molecule has 0 aromatic heterocycles. The summed E-state index contributed by atoms with van der Waals surface area (Å²) in [5.74, 6) is 0. The Kier molecular flexibility index (Phi) is 5.45. The van der Waals surface area contributed by atoms with E-state index in [1.54, 1.807) is 0 Å². The number of hydrogen-bond donors (Lipinski definition) is 1. The summed E-state index contributed by atoms with van der Waals surface area (Å²) in [5.41, 5.74) is 0. The lowest BCUT2D eigenvalue weighted by atomic mass is 10.1. The van der Waals surface area contributed by atoms with Crippen LogP contribution in [0.15, 0.2) is 0 Å². The number of aliphatic hydroxyl groups is 1. The van der Waals surface area contributed by atoms with Gasteiger partial charge in [-0.25, -0.2) is 0 Å². The van der Waals surface area contributed by atoms with E-state index in [-0.39, 0.29) is 6.10 Å². The van der Waals surface area contributed by atoms with Crippen LogP contribution in [0.25, 0.3) is 0 Å². The first-order chi connectivity index (χ1) is 6.68. The predicted octanol–water partition coefficient (Wildman–Crippen LogP) is 1.26. The molecule has 3 heteroatoms. The standard InChI is InChI=1S/C11H23NO2/c1-10(2)14-9-3-6-12-7-4-11(13)5-8-12/h10-11,13H,3-9H2,1-2H3. The highest BCUT2D eigenvalue weighted by atomic mass is 16.5. The molecule has 84 valence electrons. The molecule has 0 unspecified atom stereocenters. The molecule has 1 fully saturated rings. The lowest BCUT2D eigenvalue weighted by molar-refractivity contribution is 0.0555. The normalized spacial score (nSPS) is 20.6. The van der Waals surface area contributed by atoms with Crippen LogP contribution in [0, 0.1) is 0 Å². The van der Waals surface area contributed by atoms with Gasteiger partial charge in [-0.05, 0) is 33.1 Å². The summed E-state index contributed by atoms with van der Waals surface area (Å²) in [4.78, 5) is 2.41. The molecule has 0 bridgehead atoms. The quantitative estimate of drug-likeness (QED) is 0.680. The van der Waals surface area contributed by atoms with Crippen molar-refractivity contribution in [3.63, 3.8) is 0 Å². The number of nitrogens with zero attached hydrogens (tertiary/aromatic N) is 1. The average Bonchev–Trinajstić information content (AvgIpc) is 2.15. The molecule has 0 aromatic carbocycles. The van der Waals surface area contributed by atoms with Gasteiger partial charge in [0, 0.05) is 26.2 Å². The van der Waals surface area contributed by atoms with Crippen LogP contribution in [0.3, 0.4) is 0 Å². The first kappa shape index (κ1) is 12.0. The van der Waals surface area contributed by atoms with Crippen molar-refractivity contribution < 1.29 is 9.84 Å². The van der Waals surface area contributed by atoms with E-state index in [1.165, 1.54) is 0 Å². The van der Waals surface area contributed by atoms with Crippen LogP contribution in [0.5, 0.6) is 0 Å². The Morgan fingerprint density at radius 3 is 2.57 bits per heavy atom. The summed E-state index contributed by atoms with van der Waals surface area (Å²) < 4.78 is 5.48. The van der Waals surface area contributed by atoms with Crippen molar-refractivity contribution in [3.8, 4) is 0 Å². The van der Waals surface area contributed by atoms with Gasteiger partial charge < -0.3 is 14.7 Å². The van der Waals surface area contributed by atoms with Crippen LogP contribution in [-0.4, -0.2) is 48.5 Å². The fourth-order valence-corrected chi connectivity index (χ4v) is 1.75. The highest BCUT2D eigenvalue weighted by molar-refractivity contribution is 4.70. The topological polar surface area (TPSA) is 32.7 Å². The van der Waals surface area contributed by atoms with Gasteiger partial charge in [0.15, 0.2) is 0 Å². The minimum Gasteiger partial charge on any atom is -0.393 e. The minimum absolute atomic E-state index is 0.0573. The van der Waals surface area contributed by atoms with E-state index in [4.69, 9.17) is 4.74 Å². The molecule has 1 N–H and O–H groups in total. The maximum absolute atomic E-state index is 9.32. The van der Waals surface area contributed by atoms with Crippen molar-refractivity contribution in [1.29, 1.82) is 0 Å². The van der Waals surface area contributed by atoms with Crippen LogP contribution in [0.4, 0.5) is 0 Å². The lowest BCUT2D eigenvalue weighted by Crippen LogP contribution is -2.36. The molecule has 0 amide bonds. The van der Waals surface area contributed by atoms with E-state index < -0.39 is 0 Å². The van der Waals surface area contributed by atoms with Gasteiger partial charge in [0.25, 0.3) is 0 Å². The molecule has 1 saturated heterocycles. The molecular weight excluding hydrogens is 178 g/mol. The van der Waals surface area contributed by atoms with Crippen molar-refractivity contribution in [2.75, 3.05) is 26.2 Å². The third-order valence-electron chi connectivity index (χ3n) is 2.63. The smallest absolute Gasteiger partial charge is 0.0564 e. The Hall–Kier alpha value is -0.120. The highest BCUT2D eigenvalue weighted by Crippen LogP contribution is 2.09. The SMILES string of the molecule is CC(C)OCCCN1CCC(O)CC1. The zero-order chi connectivity index (χ0) is 10.4. The zero-order valence-corrected chi connectivity index (χ0v) is 9.41. The fraction of sp³-hybridized carbons (Fsp3) is 1.00. The number of hydrogen-bond acceptors (Lipinski definition) is 3. The summed E-state index contributed by atoms with van der Waals surface area (Å²) >= 11 is 0. The van der Waals surface area contributed by atoms with Crippen molar-refractivity contribution in [2.45, 2.75) is 45.3 Å². The molecule has 0 aromatic rings. The van der Waals surface area contributed by atoms with Crippen molar-refractivity contribution in [3.05, 3.63) is 0 Å². The number of likely N-dealkylation sites (tertiary alicyclic amines) is 1. The molecular formula is C11H23NO2. The summed E-state index contributed by atoms with van der Waals surface area (Å²) in [6.45, 7) is 8.19. The second-order valence-corrected chi connectivity index (χ2v) is 4.35. The molecule has 3 nitrogen and oxygen atoms in total. The zero-order valence-electron chi connectivity index (χ0n) is 9.41.